The first-order valence-corrected chi connectivity index (χ1v) is 9.21. The van der Waals surface area contributed by atoms with Crippen molar-refractivity contribution in [2.75, 3.05) is 0 Å². The molecule has 1 saturated carbocycles. The monoisotopic (exact) mass is 363 g/mol. The molecular weight excluding hydrogens is 334 g/mol. The summed E-state index contributed by atoms with van der Waals surface area (Å²) in [5.41, 5.74) is 0.134. The number of benzene rings is 1. The lowest BCUT2D eigenvalue weighted by Crippen LogP contribution is -2.44. The minimum Gasteiger partial charge on any atom is -0.490 e. The molecule has 0 aromatic heterocycles. The van der Waals surface area contributed by atoms with Crippen LogP contribution in [0.5, 0.6) is 5.75 Å². The predicted octanol–water partition coefficient (Wildman–Crippen LogP) is 3.92. The van der Waals surface area contributed by atoms with Gasteiger partial charge in [-0.25, -0.2) is 9.59 Å². The van der Waals surface area contributed by atoms with Crippen molar-refractivity contribution < 1.29 is 24.2 Å². The lowest BCUT2D eigenvalue weighted by Gasteiger charge is -2.23. The number of carbonyl (C=O) groups is 2. The average Bonchev–Trinajstić information content (AvgIpc) is 2.55. The van der Waals surface area contributed by atoms with E-state index in [-0.39, 0.29) is 12.5 Å². The van der Waals surface area contributed by atoms with Crippen molar-refractivity contribution in [2.24, 2.45) is 0 Å². The Balaban J connectivity index is 1.91. The summed E-state index contributed by atoms with van der Waals surface area (Å²) in [7, 11) is 0. The third kappa shape index (κ3) is 6.94. The number of carbonyl (C=O) groups excluding carboxylic acids is 1. The van der Waals surface area contributed by atoms with Crippen LogP contribution in [0, 0.1) is 0 Å². The first-order chi connectivity index (χ1) is 12.2. The number of hydrogen-bond donors (Lipinski definition) is 2. The van der Waals surface area contributed by atoms with Gasteiger partial charge in [-0.3, -0.25) is 0 Å². The van der Waals surface area contributed by atoms with Crippen molar-refractivity contribution in [3.8, 4) is 5.75 Å². The highest BCUT2D eigenvalue weighted by atomic mass is 16.6. The third-order valence-corrected chi connectivity index (χ3v) is 4.21. The molecule has 1 aromatic carbocycles. The highest BCUT2D eigenvalue weighted by molar-refractivity contribution is 5.80. The summed E-state index contributed by atoms with van der Waals surface area (Å²) < 4.78 is 11.1. The fourth-order valence-electron chi connectivity index (χ4n) is 2.97. The Bertz CT molecular complexity index is 600. The summed E-state index contributed by atoms with van der Waals surface area (Å²) in [5.74, 6) is -0.300. The summed E-state index contributed by atoms with van der Waals surface area (Å²) in [5, 5.41) is 11.8. The van der Waals surface area contributed by atoms with Gasteiger partial charge < -0.3 is 19.9 Å². The molecular formula is C20H29NO5. The maximum absolute atomic E-state index is 11.8. The predicted molar refractivity (Wildman–Crippen MR) is 98.4 cm³/mol. The number of ether oxygens (including phenoxy) is 2. The summed E-state index contributed by atoms with van der Waals surface area (Å²) in [6, 6.07) is 6.34. The molecule has 0 radical (unpaired) electrons. The summed E-state index contributed by atoms with van der Waals surface area (Å²) in [6.45, 7) is 5.19. The number of alkyl carbamates (subject to hydrolysis) is 1. The summed E-state index contributed by atoms with van der Waals surface area (Å²) in [6.07, 6.45) is 5.58. The zero-order chi connectivity index (χ0) is 19.2. The maximum Gasteiger partial charge on any atom is 0.408 e. The Labute approximate surface area is 154 Å². The Morgan fingerprint density at radius 3 is 2.31 bits per heavy atom. The van der Waals surface area contributed by atoms with Gasteiger partial charge in [0.2, 0.25) is 0 Å². The number of carboxylic acid groups (broad SMARTS) is 1. The van der Waals surface area contributed by atoms with Crippen LogP contribution in [0.25, 0.3) is 0 Å². The minimum absolute atomic E-state index is 0.179. The lowest BCUT2D eigenvalue weighted by molar-refractivity contribution is -0.139. The molecule has 0 spiro atoms. The second kappa shape index (κ2) is 8.92. The van der Waals surface area contributed by atoms with Crippen LogP contribution in [-0.2, 0) is 16.0 Å². The van der Waals surface area contributed by atoms with Crippen LogP contribution < -0.4 is 10.1 Å². The van der Waals surface area contributed by atoms with Gasteiger partial charge in [0, 0.05) is 6.42 Å². The molecule has 1 aromatic rings. The molecule has 0 aliphatic heterocycles. The van der Waals surface area contributed by atoms with E-state index in [4.69, 9.17) is 9.47 Å². The van der Waals surface area contributed by atoms with E-state index in [9.17, 15) is 14.7 Å². The highest BCUT2D eigenvalue weighted by Gasteiger charge is 2.24. The van der Waals surface area contributed by atoms with Crippen LogP contribution in [0.4, 0.5) is 4.79 Å². The number of aliphatic carboxylic acids is 1. The minimum atomic E-state index is -1.10. The van der Waals surface area contributed by atoms with Gasteiger partial charge in [-0.2, -0.15) is 0 Å². The SMILES string of the molecule is CC(C)(C)OC(=O)N[C@@H](Cc1ccc(OC2CCCCC2)cc1)C(=O)O. The molecule has 1 aliphatic rings. The van der Waals surface area contributed by atoms with Crippen LogP contribution in [0.1, 0.15) is 58.4 Å². The Kier molecular flexibility index (Phi) is 6.89. The van der Waals surface area contributed by atoms with E-state index in [1.807, 2.05) is 24.3 Å². The van der Waals surface area contributed by atoms with Gasteiger partial charge in [0.25, 0.3) is 0 Å². The quantitative estimate of drug-likeness (QED) is 0.800. The number of rotatable bonds is 6. The third-order valence-electron chi connectivity index (χ3n) is 4.21. The zero-order valence-electron chi connectivity index (χ0n) is 15.8. The number of nitrogens with one attached hydrogen (secondary N) is 1. The van der Waals surface area contributed by atoms with Gasteiger partial charge in [0.15, 0.2) is 0 Å². The van der Waals surface area contributed by atoms with E-state index >= 15 is 0 Å². The van der Waals surface area contributed by atoms with E-state index in [1.165, 1.54) is 19.3 Å². The van der Waals surface area contributed by atoms with Gasteiger partial charge in [-0.15, -0.1) is 0 Å². The van der Waals surface area contributed by atoms with E-state index in [0.29, 0.717) is 0 Å². The second-order valence-corrected chi connectivity index (χ2v) is 7.76. The van der Waals surface area contributed by atoms with Gasteiger partial charge in [-0.05, 0) is 64.2 Å². The van der Waals surface area contributed by atoms with Crippen molar-refractivity contribution >= 4 is 12.1 Å². The van der Waals surface area contributed by atoms with Crippen LogP contribution >= 0.6 is 0 Å². The fraction of sp³-hybridized carbons (Fsp3) is 0.600. The Morgan fingerprint density at radius 2 is 1.77 bits per heavy atom. The normalized spacial score (nSPS) is 16.6. The van der Waals surface area contributed by atoms with Crippen LogP contribution in [-0.4, -0.2) is 34.9 Å². The van der Waals surface area contributed by atoms with E-state index < -0.39 is 23.7 Å². The summed E-state index contributed by atoms with van der Waals surface area (Å²) in [4.78, 5) is 23.3. The molecule has 1 aliphatic carbocycles. The molecule has 6 nitrogen and oxygen atoms in total. The van der Waals surface area contributed by atoms with E-state index in [2.05, 4.69) is 5.32 Å². The van der Waals surface area contributed by atoms with Gasteiger partial charge in [0.1, 0.15) is 17.4 Å². The van der Waals surface area contributed by atoms with Crippen molar-refractivity contribution in [3.05, 3.63) is 29.8 Å². The summed E-state index contributed by atoms with van der Waals surface area (Å²) >= 11 is 0. The van der Waals surface area contributed by atoms with Gasteiger partial charge in [-0.1, -0.05) is 18.6 Å². The molecule has 1 atom stereocenters. The first kappa shape index (κ1) is 20.1. The maximum atomic E-state index is 11.8. The Hall–Kier alpha value is -2.24. The largest absolute Gasteiger partial charge is 0.490 e. The second-order valence-electron chi connectivity index (χ2n) is 7.76. The number of carboxylic acids is 1. The molecule has 1 amide bonds. The molecule has 0 saturated heterocycles. The lowest BCUT2D eigenvalue weighted by atomic mass is 9.98. The molecule has 2 rings (SSSR count). The molecule has 0 bridgehead atoms. The molecule has 0 unspecified atom stereocenters. The van der Waals surface area contributed by atoms with Crippen LogP contribution in [0.3, 0.4) is 0 Å². The number of hydrogen-bond acceptors (Lipinski definition) is 4. The van der Waals surface area contributed by atoms with Crippen LogP contribution in [0.15, 0.2) is 24.3 Å². The van der Waals surface area contributed by atoms with Crippen molar-refractivity contribution in [3.63, 3.8) is 0 Å². The first-order valence-electron chi connectivity index (χ1n) is 9.21. The molecule has 144 valence electrons. The van der Waals surface area contributed by atoms with E-state index in [0.717, 1.165) is 24.2 Å². The van der Waals surface area contributed by atoms with Gasteiger partial charge in [0.05, 0.1) is 6.10 Å². The topological polar surface area (TPSA) is 84.9 Å². The van der Waals surface area contributed by atoms with Crippen molar-refractivity contribution in [1.29, 1.82) is 0 Å². The standard InChI is InChI=1S/C20H29NO5/c1-20(2,3)26-19(24)21-17(18(22)23)13-14-9-11-16(12-10-14)25-15-7-5-4-6-8-15/h9-12,15,17H,4-8,13H2,1-3H3,(H,21,24)(H,22,23)/t17-/m0/s1. The average molecular weight is 363 g/mol. The van der Waals surface area contributed by atoms with Crippen molar-refractivity contribution in [2.45, 2.75) is 77.0 Å². The molecule has 6 heteroatoms. The van der Waals surface area contributed by atoms with Crippen LogP contribution in [0.2, 0.25) is 0 Å². The highest BCUT2D eigenvalue weighted by Crippen LogP contribution is 2.23. The fourth-order valence-corrected chi connectivity index (χ4v) is 2.97. The van der Waals surface area contributed by atoms with E-state index in [1.54, 1.807) is 20.8 Å². The zero-order valence-corrected chi connectivity index (χ0v) is 15.8. The number of amides is 1. The molecule has 26 heavy (non-hydrogen) atoms. The van der Waals surface area contributed by atoms with Gasteiger partial charge >= 0.3 is 12.1 Å². The molecule has 2 N–H and O–H groups in total. The molecule has 0 heterocycles. The molecule has 1 fully saturated rings. The smallest absolute Gasteiger partial charge is 0.408 e. The Morgan fingerprint density at radius 1 is 1.15 bits per heavy atom. The van der Waals surface area contributed by atoms with Crippen molar-refractivity contribution in [1.82, 2.24) is 5.32 Å².